The zero-order valence-corrected chi connectivity index (χ0v) is 10.6. The molecule has 2 N–H and O–H groups in total. The van der Waals surface area contributed by atoms with Gasteiger partial charge in [0, 0.05) is 26.1 Å². The van der Waals surface area contributed by atoms with E-state index in [1.54, 1.807) is 19.2 Å². The number of hydrogen-bond donors (Lipinski definition) is 2. The molecule has 1 saturated heterocycles. The van der Waals surface area contributed by atoms with Crippen LogP contribution >= 0.6 is 0 Å². The second kappa shape index (κ2) is 5.77. The molecule has 1 amide bonds. The van der Waals surface area contributed by atoms with Crippen LogP contribution in [0, 0.1) is 5.92 Å². The average molecular weight is 250 g/mol. The van der Waals surface area contributed by atoms with Crippen LogP contribution in [0.1, 0.15) is 23.8 Å². The van der Waals surface area contributed by atoms with Crippen LogP contribution in [0.3, 0.4) is 0 Å². The van der Waals surface area contributed by atoms with E-state index < -0.39 is 0 Å². The van der Waals surface area contributed by atoms with Crippen LogP contribution in [0.5, 0.6) is 0 Å². The predicted octanol–water partition coefficient (Wildman–Crippen LogP) is 0.673. The summed E-state index contributed by atoms with van der Waals surface area (Å²) in [4.78, 5) is 11.8. The number of carbonyl (C=O) groups is 1. The topological polar surface area (TPSA) is 76.1 Å². The quantitative estimate of drug-likeness (QED) is 0.821. The van der Waals surface area contributed by atoms with Gasteiger partial charge in [0.05, 0.1) is 6.10 Å². The van der Waals surface area contributed by atoms with E-state index in [2.05, 4.69) is 20.8 Å². The van der Waals surface area contributed by atoms with Crippen molar-refractivity contribution in [2.75, 3.05) is 25.5 Å². The fourth-order valence-electron chi connectivity index (χ4n) is 1.95. The lowest BCUT2D eigenvalue weighted by atomic mass is 10.0. The molecule has 1 aliphatic rings. The monoisotopic (exact) mass is 250 g/mol. The molecule has 1 aromatic heterocycles. The van der Waals surface area contributed by atoms with Gasteiger partial charge >= 0.3 is 0 Å². The fraction of sp³-hybridized carbons (Fsp3) is 0.583. The van der Waals surface area contributed by atoms with Crippen LogP contribution < -0.4 is 10.6 Å². The van der Waals surface area contributed by atoms with Crippen molar-refractivity contribution in [1.29, 1.82) is 0 Å². The van der Waals surface area contributed by atoms with E-state index in [0.29, 0.717) is 24.0 Å². The summed E-state index contributed by atoms with van der Waals surface area (Å²) in [5, 5.41) is 13.4. The second-order valence-electron chi connectivity index (χ2n) is 4.39. The lowest BCUT2D eigenvalue weighted by molar-refractivity contribution is 0.0902. The van der Waals surface area contributed by atoms with Gasteiger partial charge in [-0.3, -0.25) is 4.79 Å². The first-order valence-electron chi connectivity index (χ1n) is 6.12. The Morgan fingerprint density at radius 2 is 2.33 bits per heavy atom. The first-order chi connectivity index (χ1) is 8.70. The number of nitrogens with one attached hydrogen (secondary N) is 2. The molecule has 0 aliphatic carbocycles. The van der Waals surface area contributed by atoms with Crippen molar-refractivity contribution in [3.63, 3.8) is 0 Å². The van der Waals surface area contributed by atoms with E-state index in [1.807, 2.05) is 6.92 Å². The summed E-state index contributed by atoms with van der Waals surface area (Å²) in [6.45, 7) is 3.43. The van der Waals surface area contributed by atoms with E-state index >= 15 is 0 Å². The highest BCUT2D eigenvalue weighted by molar-refractivity contribution is 5.92. The normalized spacial score (nSPS) is 22.8. The Kier molecular flexibility index (Phi) is 4.09. The lowest BCUT2D eigenvalue weighted by Gasteiger charge is -2.14. The number of nitrogens with zero attached hydrogens (tertiary/aromatic N) is 2. The molecule has 2 unspecified atom stereocenters. The summed E-state index contributed by atoms with van der Waals surface area (Å²) < 4.78 is 5.45. The highest BCUT2D eigenvalue weighted by atomic mass is 16.5. The Morgan fingerprint density at radius 1 is 1.50 bits per heavy atom. The summed E-state index contributed by atoms with van der Waals surface area (Å²) in [5.41, 5.74) is 0.334. The van der Waals surface area contributed by atoms with E-state index in [0.717, 1.165) is 13.0 Å². The molecule has 6 heteroatoms. The fourth-order valence-corrected chi connectivity index (χ4v) is 1.95. The number of carbonyl (C=O) groups excluding carboxylic acids is 1. The van der Waals surface area contributed by atoms with Gasteiger partial charge in [0.15, 0.2) is 5.69 Å². The Hall–Kier alpha value is -1.69. The largest absolute Gasteiger partial charge is 0.378 e. The van der Waals surface area contributed by atoms with Gasteiger partial charge in [-0.15, -0.1) is 10.2 Å². The number of aromatic nitrogens is 2. The zero-order valence-electron chi connectivity index (χ0n) is 10.6. The summed E-state index contributed by atoms with van der Waals surface area (Å²) in [6.07, 6.45) is 1.20. The number of anilines is 1. The summed E-state index contributed by atoms with van der Waals surface area (Å²) in [7, 11) is 1.76. The molecule has 1 aliphatic heterocycles. The van der Waals surface area contributed by atoms with E-state index in [9.17, 15) is 4.79 Å². The van der Waals surface area contributed by atoms with Crippen molar-refractivity contribution >= 4 is 11.7 Å². The molecule has 0 bridgehead atoms. The minimum absolute atomic E-state index is 0.191. The Labute approximate surface area is 106 Å². The standard InChI is InChI=1S/C12H18N4O2/c1-8-9(5-6-18-8)7-14-12(17)10-3-4-11(13-2)16-15-10/h3-4,8-9H,5-7H2,1-2H3,(H,13,16)(H,14,17). The smallest absolute Gasteiger partial charge is 0.271 e. The van der Waals surface area contributed by atoms with Crippen molar-refractivity contribution in [2.45, 2.75) is 19.4 Å². The van der Waals surface area contributed by atoms with Crippen LogP contribution in [0.4, 0.5) is 5.82 Å². The molecule has 18 heavy (non-hydrogen) atoms. The van der Waals surface area contributed by atoms with Crippen molar-refractivity contribution < 1.29 is 9.53 Å². The van der Waals surface area contributed by atoms with Gasteiger partial charge in [0.25, 0.3) is 5.91 Å². The van der Waals surface area contributed by atoms with Crippen LogP contribution in [-0.4, -0.2) is 42.4 Å². The summed E-state index contributed by atoms with van der Waals surface area (Å²) in [6, 6.07) is 3.38. The molecule has 0 spiro atoms. The van der Waals surface area contributed by atoms with E-state index in [-0.39, 0.29) is 12.0 Å². The molecular formula is C12H18N4O2. The van der Waals surface area contributed by atoms with Crippen molar-refractivity contribution in [1.82, 2.24) is 15.5 Å². The zero-order chi connectivity index (χ0) is 13.0. The Balaban J connectivity index is 1.87. The molecule has 6 nitrogen and oxygen atoms in total. The molecule has 98 valence electrons. The minimum Gasteiger partial charge on any atom is -0.378 e. The molecule has 0 saturated carbocycles. The molecule has 0 radical (unpaired) electrons. The van der Waals surface area contributed by atoms with Crippen LogP contribution in [0.15, 0.2) is 12.1 Å². The van der Waals surface area contributed by atoms with Crippen LogP contribution in [0.2, 0.25) is 0 Å². The van der Waals surface area contributed by atoms with Gasteiger partial charge in [-0.05, 0) is 25.5 Å². The molecule has 1 aromatic rings. The minimum atomic E-state index is -0.191. The number of rotatable bonds is 4. The molecular weight excluding hydrogens is 232 g/mol. The van der Waals surface area contributed by atoms with E-state index in [1.165, 1.54) is 0 Å². The molecule has 2 heterocycles. The number of hydrogen-bond acceptors (Lipinski definition) is 5. The Bertz CT molecular complexity index is 407. The second-order valence-corrected chi connectivity index (χ2v) is 4.39. The first-order valence-corrected chi connectivity index (χ1v) is 6.12. The van der Waals surface area contributed by atoms with Crippen LogP contribution in [0.25, 0.3) is 0 Å². The van der Waals surface area contributed by atoms with Crippen molar-refractivity contribution in [2.24, 2.45) is 5.92 Å². The molecule has 1 fully saturated rings. The SMILES string of the molecule is CNc1ccc(C(=O)NCC2CCOC2C)nn1. The predicted molar refractivity (Wildman–Crippen MR) is 67.4 cm³/mol. The maximum absolute atomic E-state index is 11.8. The van der Waals surface area contributed by atoms with Gasteiger partial charge in [-0.2, -0.15) is 0 Å². The molecule has 2 atom stereocenters. The highest BCUT2D eigenvalue weighted by Crippen LogP contribution is 2.19. The summed E-state index contributed by atoms with van der Waals surface area (Å²) >= 11 is 0. The number of ether oxygens (including phenoxy) is 1. The average Bonchev–Trinajstić information content (AvgIpc) is 2.81. The first kappa shape index (κ1) is 12.8. The van der Waals surface area contributed by atoms with Crippen molar-refractivity contribution in [3.05, 3.63) is 17.8 Å². The third-order valence-corrected chi connectivity index (χ3v) is 3.21. The third kappa shape index (κ3) is 2.95. The third-order valence-electron chi connectivity index (χ3n) is 3.21. The van der Waals surface area contributed by atoms with Gasteiger partial charge in [-0.1, -0.05) is 0 Å². The molecule has 0 aromatic carbocycles. The van der Waals surface area contributed by atoms with Gasteiger partial charge < -0.3 is 15.4 Å². The van der Waals surface area contributed by atoms with Gasteiger partial charge in [0.2, 0.25) is 0 Å². The highest BCUT2D eigenvalue weighted by Gasteiger charge is 2.24. The van der Waals surface area contributed by atoms with E-state index in [4.69, 9.17) is 4.74 Å². The summed E-state index contributed by atoms with van der Waals surface area (Å²) in [5.74, 6) is 0.840. The lowest BCUT2D eigenvalue weighted by Crippen LogP contribution is -2.32. The molecule has 2 rings (SSSR count). The number of amides is 1. The van der Waals surface area contributed by atoms with Gasteiger partial charge in [-0.25, -0.2) is 0 Å². The van der Waals surface area contributed by atoms with Gasteiger partial charge in [0.1, 0.15) is 5.82 Å². The maximum Gasteiger partial charge on any atom is 0.271 e. The Morgan fingerprint density at radius 3 is 2.89 bits per heavy atom. The van der Waals surface area contributed by atoms with Crippen LogP contribution in [-0.2, 0) is 4.74 Å². The maximum atomic E-state index is 11.8. The van der Waals surface area contributed by atoms with Crippen molar-refractivity contribution in [3.8, 4) is 0 Å².